The van der Waals surface area contributed by atoms with Gasteiger partial charge in [-0.15, -0.1) is 10.2 Å². The molecule has 1 N–H and O–H groups in total. The van der Waals surface area contributed by atoms with Crippen LogP contribution in [0.4, 0.5) is 0 Å². The Morgan fingerprint density at radius 2 is 2.16 bits per heavy atom. The summed E-state index contributed by atoms with van der Waals surface area (Å²) in [5.74, 6) is 1.54. The molecule has 1 atom stereocenters. The number of hydrogen-bond donors (Lipinski definition) is 1. The van der Waals surface area contributed by atoms with E-state index in [1.807, 2.05) is 11.6 Å². The van der Waals surface area contributed by atoms with E-state index in [9.17, 15) is 0 Å². The number of nitrogens with zero attached hydrogens (tertiary/aromatic N) is 4. The SMILES string of the molecule is CCNC(c1ccn(Cc2nncn2C)c1)C(C)C. The first-order valence-corrected chi connectivity index (χ1v) is 6.83. The second-order valence-electron chi connectivity index (χ2n) is 5.25. The molecule has 0 fully saturated rings. The molecule has 0 aromatic carbocycles. The molecule has 0 spiro atoms. The van der Waals surface area contributed by atoms with Crippen LogP contribution in [-0.4, -0.2) is 25.9 Å². The van der Waals surface area contributed by atoms with Gasteiger partial charge < -0.3 is 14.5 Å². The maximum Gasteiger partial charge on any atom is 0.152 e. The molecule has 5 nitrogen and oxygen atoms in total. The first kappa shape index (κ1) is 13.8. The van der Waals surface area contributed by atoms with Gasteiger partial charge in [-0.05, 0) is 24.1 Å². The maximum absolute atomic E-state index is 4.11. The molecular weight excluding hydrogens is 238 g/mol. The van der Waals surface area contributed by atoms with Gasteiger partial charge in [-0.25, -0.2) is 0 Å². The van der Waals surface area contributed by atoms with Crippen LogP contribution in [0.1, 0.15) is 38.2 Å². The molecule has 2 rings (SSSR count). The molecule has 0 aliphatic rings. The number of hydrogen-bond acceptors (Lipinski definition) is 3. The molecule has 5 heteroatoms. The zero-order valence-corrected chi connectivity index (χ0v) is 12.2. The summed E-state index contributed by atoms with van der Waals surface area (Å²) in [7, 11) is 1.97. The maximum atomic E-state index is 4.11. The minimum absolute atomic E-state index is 0.408. The lowest BCUT2D eigenvalue weighted by atomic mass is 9.98. The molecule has 0 radical (unpaired) electrons. The van der Waals surface area contributed by atoms with Gasteiger partial charge in [0.2, 0.25) is 0 Å². The van der Waals surface area contributed by atoms with E-state index in [1.165, 1.54) is 5.56 Å². The van der Waals surface area contributed by atoms with E-state index >= 15 is 0 Å². The lowest BCUT2D eigenvalue weighted by Gasteiger charge is -2.20. The highest BCUT2D eigenvalue weighted by molar-refractivity contribution is 5.16. The van der Waals surface area contributed by atoms with Crippen LogP contribution in [0.15, 0.2) is 24.8 Å². The lowest BCUT2D eigenvalue weighted by Crippen LogP contribution is -2.25. The largest absolute Gasteiger partial charge is 0.346 e. The Balaban J connectivity index is 2.12. The molecule has 0 aliphatic heterocycles. The van der Waals surface area contributed by atoms with Crippen molar-refractivity contribution in [3.05, 3.63) is 36.2 Å². The van der Waals surface area contributed by atoms with Crippen molar-refractivity contribution in [1.29, 1.82) is 0 Å². The summed E-state index contributed by atoms with van der Waals surface area (Å²) in [6.07, 6.45) is 6.04. The Labute approximate surface area is 114 Å². The summed E-state index contributed by atoms with van der Waals surface area (Å²) in [5.41, 5.74) is 1.33. The predicted molar refractivity (Wildman–Crippen MR) is 75.8 cm³/mol. The molecular formula is C14H23N5. The second kappa shape index (κ2) is 6.02. The number of nitrogens with one attached hydrogen (secondary N) is 1. The molecule has 0 aliphatic carbocycles. The summed E-state index contributed by atoms with van der Waals surface area (Å²) in [6, 6.07) is 2.59. The topological polar surface area (TPSA) is 47.7 Å². The first-order chi connectivity index (χ1) is 9.11. The summed E-state index contributed by atoms with van der Waals surface area (Å²) >= 11 is 0. The van der Waals surface area contributed by atoms with Crippen molar-refractivity contribution >= 4 is 0 Å². The van der Waals surface area contributed by atoms with E-state index in [0.717, 1.165) is 18.9 Å². The standard InChI is InChI=1S/C14H23N5/c1-5-15-14(11(2)3)12-6-7-19(8-12)9-13-17-16-10-18(13)4/h6-8,10-11,14-15H,5,9H2,1-4H3. The van der Waals surface area contributed by atoms with Crippen LogP contribution in [0.3, 0.4) is 0 Å². The van der Waals surface area contributed by atoms with Crippen LogP contribution in [-0.2, 0) is 13.6 Å². The number of aromatic nitrogens is 4. The average Bonchev–Trinajstić information content (AvgIpc) is 2.97. The van der Waals surface area contributed by atoms with Crippen molar-refractivity contribution in [1.82, 2.24) is 24.6 Å². The van der Waals surface area contributed by atoms with Crippen LogP contribution in [0, 0.1) is 5.92 Å². The van der Waals surface area contributed by atoms with E-state index in [0.29, 0.717) is 12.0 Å². The highest BCUT2D eigenvalue weighted by Gasteiger charge is 2.15. The van der Waals surface area contributed by atoms with E-state index in [4.69, 9.17) is 0 Å². The van der Waals surface area contributed by atoms with Gasteiger partial charge in [-0.2, -0.15) is 0 Å². The van der Waals surface area contributed by atoms with Gasteiger partial charge in [0.1, 0.15) is 6.33 Å². The van der Waals surface area contributed by atoms with E-state index in [1.54, 1.807) is 6.33 Å². The number of aryl methyl sites for hydroxylation is 1. The zero-order chi connectivity index (χ0) is 13.8. The Morgan fingerprint density at radius 1 is 1.37 bits per heavy atom. The van der Waals surface area contributed by atoms with Gasteiger partial charge in [0, 0.05) is 25.5 Å². The van der Waals surface area contributed by atoms with E-state index in [-0.39, 0.29) is 0 Å². The van der Waals surface area contributed by atoms with Gasteiger partial charge >= 0.3 is 0 Å². The molecule has 2 aromatic rings. The molecule has 19 heavy (non-hydrogen) atoms. The highest BCUT2D eigenvalue weighted by Crippen LogP contribution is 2.22. The molecule has 0 amide bonds. The molecule has 0 bridgehead atoms. The van der Waals surface area contributed by atoms with Gasteiger partial charge in [-0.3, -0.25) is 0 Å². The van der Waals surface area contributed by atoms with E-state index in [2.05, 4.69) is 59.3 Å². The fraction of sp³-hybridized carbons (Fsp3) is 0.571. The predicted octanol–water partition coefficient (Wildman–Crippen LogP) is 1.97. The zero-order valence-electron chi connectivity index (χ0n) is 12.2. The van der Waals surface area contributed by atoms with Crippen molar-refractivity contribution in [3.8, 4) is 0 Å². The summed E-state index contributed by atoms with van der Waals surface area (Å²) in [6.45, 7) is 8.37. The third kappa shape index (κ3) is 3.23. The van der Waals surface area contributed by atoms with Crippen molar-refractivity contribution in [2.24, 2.45) is 13.0 Å². The minimum atomic E-state index is 0.408. The smallest absolute Gasteiger partial charge is 0.152 e. The minimum Gasteiger partial charge on any atom is -0.346 e. The summed E-state index contributed by atoms with van der Waals surface area (Å²) in [4.78, 5) is 0. The molecule has 2 heterocycles. The number of rotatable bonds is 6. The van der Waals surface area contributed by atoms with Crippen LogP contribution in [0.25, 0.3) is 0 Å². The molecule has 104 valence electrons. The summed E-state index contributed by atoms with van der Waals surface area (Å²) in [5, 5.41) is 11.6. The van der Waals surface area contributed by atoms with Crippen molar-refractivity contribution < 1.29 is 0 Å². The normalized spacial score (nSPS) is 13.1. The quantitative estimate of drug-likeness (QED) is 0.865. The fourth-order valence-electron chi connectivity index (χ4n) is 2.31. The summed E-state index contributed by atoms with van der Waals surface area (Å²) < 4.78 is 4.11. The Morgan fingerprint density at radius 3 is 2.74 bits per heavy atom. The monoisotopic (exact) mass is 261 g/mol. The Hall–Kier alpha value is -1.62. The fourth-order valence-corrected chi connectivity index (χ4v) is 2.31. The van der Waals surface area contributed by atoms with Crippen LogP contribution in [0.2, 0.25) is 0 Å². The van der Waals surface area contributed by atoms with Gasteiger partial charge in [0.15, 0.2) is 5.82 Å². The van der Waals surface area contributed by atoms with Crippen LogP contribution in [0.5, 0.6) is 0 Å². The molecule has 0 saturated heterocycles. The third-order valence-electron chi connectivity index (χ3n) is 3.35. The third-order valence-corrected chi connectivity index (χ3v) is 3.35. The molecule has 1 unspecified atom stereocenters. The molecule has 0 saturated carbocycles. The second-order valence-corrected chi connectivity index (χ2v) is 5.25. The van der Waals surface area contributed by atoms with Gasteiger partial charge in [-0.1, -0.05) is 20.8 Å². The van der Waals surface area contributed by atoms with Crippen molar-refractivity contribution in [3.63, 3.8) is 0 Å². The Kier molecular flexibility index (Phi) is 4.37. The van der Waals surface area contributed by atoms with Crippen LogP contribution < -0.4 is 5.32 Å². The average molecular weight is 261 g/mol. The van der Waals surface area contributed by atoms with Gasteiger partial charge in [0.25, 0.3) is 0 Å². The van der Waals surface area contributed by atoms with E-state index < -0.39 is 0 Å². The lowest BCUT2D eigenvalue weighted by molar-refractivity contribution is 0.421. The van der Waals surface area contributed by atoms with Crippen molar-refractivity contribution in [2.45, 2.75) is 33.4 Å². The first-order valence-electron chi connectivity index (χ1n) is 6.83. The highest BCUT2D eigenvalue weighted by atomic mass is 15.3. The Bertz CT molecular complexity index is 511. The molecule has 2 aromatic heterocycles. The van der Waals surface area contributed by atoms with Crippen molar-refractivity contribution in [2.75, 3.05) is 6.54 Å². The van der Waals surface area contributed by atoms with Crippen LogP contribution >= 0.6 is 0 Å². The van der Waals surface area contributed by atoms with Gasteiger partial charge in [0.05, 0.1) is 6.54 Å².